The number of anilines is 2. The first-order valence-corrected chi connectivity index (χ1v) is 12.6. The Morgan fingerprint density at radius 3 is 2.55 bits per heavy atom. The van der Waals surface area contributed by atoms with Gasteiger partial charge in [-0.25, -0.2) is 8.42 Å². The Bertz CT molecular complexity index is 1070. The topological polar surface area (TPSA) is 87.5 Å². The Hall–Kier alpha value is -2.39. The van der Waals surface area contributed by atoms with Gasteiger partial charge in [-0.15, -0.1) is 0 Å². The Morgan fingerprint density at radius 2 is 1.90 bits per heavy atom. The molecule has 31 heavy (non-hydrogen) atoms. The van der Waals surface area contributed by atoms with Crippen LogP contribution in [0.5, 0.6) is 0 Å². The van der Waals surface area contributed by atoms with Gasteiger partial charge >= 0.3 is 0 Å². The Labute approximate surface area is 184 Å². The zero-order valence-electron chi connectivity index (χ0n) is 18.5. The van der Waals surface area contributed by atoms with Crippen LogP contribution in [0, 0.1) is 20.8 Å². The van der Waals surface area contributed by atoms with Crippen LogP contribution in [0.4, 0.5) is 11.4 Å². The lowest BCUT2D eigenvalue weighted by molar-refractivity contribution is -0.117. The number of sulfone groups is 1. The molecular formula is C22H31N5O3S. The molecule has 0 saturated carbocycles. The molecule has 2 aromatic rings. The van der Waals surface area contributed by atoms with Crippen molar-refractivity contribution >= 4 is 27.1 Å². The Kier molecular flexibility index (Phi) is 6.07. The lowest BCUT2D eigenvalue weighted by atomic mass is 10.2. The summed E-state index contributed by atoms with van der Waals surface area (Å²) in [5.41, 5.74) is 4.72. The van der Waals surface area contributed by atoms with Gasteiger partial charge in [0.25, 0.3) is 0 Å². The van der Waals surface area contributed by atoms with E-state index >= 15 is 0 Å². The molecule has 1 amide bonds. The van der Waals surface area contributed by atoms with Gasteiger partial charge in [0.2, 0.25) is 5.91 Å². The molecule has 2 saturated heterocycles. The van der Waals surface area contributed by atoms with Crippen LogP contribution in [0.1, 0.15) is 29.4 Å². The van der Waals surface area contributed by atoms with Gasteiger partial charge in [-0.2, -0.15) is 5.10 Å². The second kappa shape index (κ2) is 8.63. The number of aryl methyl sites for hydroxylation is 2. The van der Waals surface area contributed by atoms with Gasteiger partial charge in [0.05, 0.1) is 41.2 Å². The number of amides is 1. The summed E-state index contributed by atoms with van der Waals surface area (Å²) in [6.07, 6.45) is 0.572. The van der Waals surface area contributed by atoms with E-state index in [1.807, 2.05) is 13.8 Å². The molecule has 1 aromatic carbocycles. The first-order chi connectivity index (χ1) is 14.7. The highest BCUT2D eigenvalue weighted by molar-refractivity contribution is 7.91. The van der Waals surface area contributed by atoms with Crippen molar-refractivity contribution in [2.24, 2.45) is 0 Å². The monoisotopic (exact) mass is 445 g/mol. The molecule has 0 aliphatic carbocycles. The van der Waals surface area contributed by atoms with Crippen molar-refractivity contribution in [3.05, 3.63) is 41.2 Å². The third kappa shape index (κ3) is 4.93. The number of aromatic nitrogens is 2. The van der Waals surface area contributed by atoms with Gasteiger partial charge in [0, 0.05) is 31.9 Å². The quantitative estimate of drug-likeness (QED) is 0.757. The van der Waals surface area contributed by atoms with E-state index in [1.165, 1.54) is 11.3 Å². The summed E-state index contributed by atoms with van der Waals surface area (Å²) < 4.78 is 25.4. The van der Waals surface area contributed by atoms with E-state index in [-0.39, 0.29) is 23.5 Å². The molecule has 1 unspecified atom stereocenters. The highest BCUT2D eigenvalue weighted by Crippen LogP contribution is 2.29. The molecule has 8 nitrogen and oxygen atoms in total. The Morgan fingerprint density at radius 1 is 1.16 bits per heavy atom. The van der Waals surface area contributed by atoms with Crippen LogP contribution in [0.2, 0.25) is 0 Å². The van der Waals surface area contributed by atoms with Crippen molar-refractivity contribution in [3.8, 4) is 0 Å². The second-order valence-corrected chi connectivity index (χ2v) is 10.9. The summed E-state index contributed by atoms with van der Waals surface area (Å²) in [4.78, 5) is 17.2. The summed E-state index contributed by atoms with van der Waals surface area (Å²) >= 11 is 0. The van der Waals surface area contributed by atoms with Crippen molar-refractivity contribution in [1.82, 2.24) is 14.7 Å². The van der Waals surface area contributed by atoms with Crippen molar-refractivity contribution < 1.29 is 13.2 Å². The minimum absolute atomic E-state index is 0.0613. The van der Waals surface area contributed by atoms with Gasteiger partial charge in [0.1, 0.15) is 0 Å². The van der Waals surface area contributed by atoms with Gasteiger partial charge in [0.15, 0.2) is 9.84 Å². The largest absolute Gasteiger partial charge is 0.369 e. The first kappa shape index (κ1) is 21.8. The summed E-state index contributed by atoms with van der Waals surface area (Å²) in [6, 6.07) is 8.36. The number of hydrogen-bond acceptors (Lipinski definition) is 6. The fourth-order valence-corrected chi connectivity index (χ4v) is 6.23. The van der Waals surface area contributed by atoms with Crippen LogP contribution >= 0.6 is 0 Å². The lowest BCUT2D eigenvalue weighted by Gasteiger charge is -2.35. The molecule has 1 atom stereocenters. The van der Waals surface area contributed by atoms with E-state index in [0.29, 0.717) is 18.7 Å². The van der Waals surface area contributed by atoms with E-state index in [0.717, 1.165) is 37.6 Å². The predicted octanol–water partition coefficient (Wildman–Crippen LogP) is 1.93. The van der Waals surface area contributed by atoms with Crippen LogP contribution in [0.15, 0.2) is 24.3 Å². The zero-order chi connectivity index (χ0) is 22.2. The van der Waals surface area contributed by atoms with Gasteiger partial charge in [-0.05, 0) is 44.9 Å². The average molecular weight is 446 g/mol. The summed E-state index contributed by atoms with van der Waals surface area (Å²) in [5.74, 6) is 0.258. The fraction of sp³-hybridized carbons (Fsp3) is 0.545. The van der Waals surface area contributed by atoms with Crippen LogP contribution < -0.4 is 10.2 Å². The summed E-state index contributed by atoms with van der Waals surface area (Å²) in [6.45, 7) is 9.62. The molecule has 3 heterocycles. The van der Waals surface area contributed by atoms with Crippen LogP contribution in [0.3, 0.4) is 0 Å². The molecule has 2 fully saturated rings. The summed E-state index contributed by atoms with van der Waals surface area (Å²) in [5, 5.41) is 7.54. The Balaban J connectivity index is 1.33. The molecule has 0 radical (unpaired) electrons. The van der Waals surface area contributed by atoms with E-state index in [9.17, 15) is 13.2 Å². The SMILES string of the molecule is Cc1cccc(N2CCN(CC(=O)Nc3c(C)nn(C4CCS(=O)(=O)C4)c3C)CC2)c1. The van der Waals surface area contributed by atoms with Crippen molar-refractivity contribution in [3.63, 3.8) is 0 Å². The maximum absolute atomic E-state index is 12.7. The second-order valence-electron chi connectivity index (χ2n) is 8.70. The third-order valence-electron chi connectivity index (χ3n) is 6.25. The number of carbonyl (C=O) groups is 1. The minimum Gasteiger partial charge on any atom is -0.369 e. The molecule has 0 bridgehead atoms. The summed E-state index contributed by atoms with van der Waals surface area (Å²) in [7, 11) is -2.99. The molecule has 4 rings (SSSR count). The smallest absolute Gasteiger partial charge is 0.238 e. The van der Waals surface area contributed by atoms with Gasteiger partial charge < -0.3 is 10.2 Å². The number of nitrogens with one attached hydrogen (secondary N) is 1. The highest BCUT2D eigenvalue weighted by Gasteiger charge is 2.32. The molecule has 168 valence electrons. The minimum atomic E-state index is -2.99. The molecule has 0 spiro atoms. The number of nitrogens with zero attached hydrogens (tertiary/aromatic N) is 4. The number of rotatable bonds is 5. The van der Waals surface area contributed by atoms with Gasteiger partial charge in [-0.1, -0.05) is 12.1 Å². The number of piperazine rings is 1. The number of carbonyl (C=O) groups excluding carboxylic acids is 1. The maximum Gasteiger partial charge on any atom is 0.238 e. The number of benzene rings is 1. The lowest BCUT2D eigenvalue weighted by Crippen LogP contribution is -2.48. The van der Waals surface area contributed by atoms with E-state index in [2.05, 4.69) is 51.4 Å². The first-order valence-electron chi connectivity index (χ1n) is 10.8. The van der Waals surface area contributed by atoms with E-state index in [1.54, 1.807) is 4.68 Å². The highest BCUT2D eigenvalue weighted by atomic mass is 32.2. The van der Waals surface area contributed by atoms with E-state index < -0.39 is 9.84 Å². The molecule has 2 aliphatic rings. The van der Waals surface area contributed by atoms with Gasteiger partial charge in [-0.3, -0.25) is 14.4 Å². The van der Waals surface area contributed by atoms with Crippen LogP contribution in [0.25, 0.3) is 0 Å². The van der Waals surface area contributed by atoms with Crippen LogP contribution in [-0.2, 0) is 14.6 Å². The normalized spacial score (nSPS) is 21.4. The van der Waals surface area contributed by atoms with Crippen molar-refractivity contribution in [1.29, 1.82) is 0 Å². The number of hydrogen-bond donors (Lipinski definition) is 1. The van der Waals surface area contributed by atoms with Crippen LogP contribution in [-0.4, -0.2) is 73.2 Å². The molecule has 2 aliphatic heterocycles. The molecule has 1 N–H and O–H groups in total. The third-order valence-corrected chi connectivity index (χ3v) is 8.00. The predicted molar refractivity (Wildman–Crippen MR) is 122 cm³/mol. The zero-order valence-corrected chi connectivity index (χ0v) is 19.3. The fourth-order valence-electron chi connectivity index (χ4n) is 4.54. The standard InChI is InChI=1S/C22H31N5O3S/c1-16-5-4-6-19(13-16)26-10-8-25(9-11-26)14-21(28)23-22-17(2)24-27(18(22)3)20-7-12-31(29,30)15-20/h4-6,13,20H,7-12,14-15H2,1-3H3,(H,23,28). The van der Waals surface area contributed by atoms with Crippen molar-refractivity contribution in [2.45, 2.75) is 33.2 Å². The molecule has 9 heteroatoms. The van der Waals surface area contributed by atoms with E-state index in [4.69, 9.17) is 0 Å². The van der Waals surface area contributed by atoms with Crippen molar-refractivity contribution in [2.75, 3.05) is 54.4 Å². The maximum atomic E-state index is 12.7. The average Bonchev–Trinajstić information content (AvgIpc) is 3.22. The molecule has 1 aromatic heterocycles. The molecular weight excluding hydrogens is 414 g/mol.